The molecule has 0 saturated heterocycles. The summed E-state index contributed by atoms with van der Waals surface area (Å²) >= 11 is 0. The van der Waals surface area contributed by atoms with Crippen molar-refractivity contribution in [1.29, 1.82) is 0 Å². The van der Waals surface area contributed by atoms with E-state index in [2.05, 4.69) is 20.7 Å². The maximum Gasteiger partial charge on any atom is 0.148 e. The standard InChI is InChI=1S/C10H12N4O/c1-7-3-4-10(13-12-7)11-6-9-5-8(2)15-14-9/h3-5H,6H2,1-2H3,(H,11,13). The SMILES string of the molecule is Cc1ccc(NCc2cc(C)on2)nn1. The Hall–Kier alpha value is -1.91. The average molecular weight is 204 g/mol. The van der Waals surface area contributed by atoms with Crippen molar-refractivity contribution < 1.29 is 4.52 Å². The van der Waals surface area contributed by atoms with E-state index in [1.807, 2.05) is 32.0 Å². The molecular weight excluding hydrogens is 192 g/mol. The Morgan fingerprint density at radius 1 is 1.27 bits per heavy atom. The van der Waals surface area contributed by atoms with Gasteiger partial charge in [-0.3, -0.25) is 0 Å². The summed E-state index contributed by atoms with van der Waals surface area (Å²) in [5.41, 5.74) is 1.76. The van der Waals surface area contributed by atoms with E-state index in [0.29, 0.717) is 6.54 Å². The number of aromatic nitrogens is 3. The van der Waals surface area contributed by atoms with Gasteiger partial charge >= 0.3 is 0 Å². The molecule has 2 heterocycles. The van der Waals surface area contributed by atoms with E-state index in [0.717, 1.165) is 23.0 Å². The summed E-state index contributed by atoms with van der Waals surface area (Å²) in [5.74, 6) is 1.54. The molecule has 0 spiro atoms. The van der Waals surface area contributed by atoms with Gasteiger partial charge in [-0.1, -0.05) is 5.16 Å². The molecule has 0 aliphatic rings. The topological polar surface area (TPSA) is 63.8 Å². The van der Waals surface area contributed by atoms with Gasteiger partial charge in [-0.25, -0.2) is 0 Å². The molecule has 0 fully saturated rings. The van der Waals surface area contributed by atoms with Crippen LogP contribution in [-0.4, -0.2) is 15.4 Å². The van der Waals surface area contributed by atoms with Crippen molar-refractivity contribution in [3.63, 3.8) is 0 Å². The third kappa shape index (κ3) is 2.52. The molecule has 15 heavy (non-hydrogen) atoms. The first kappa shape index (κ1) is 9.64. The van der Waals surface area contributed by atoms with Crippen LogP contribution in [0, 0.1) is 13.8 Å². The summed E-state index contributed by atoms with van der Waals surface area (Å²) in [4.78, 5) is 0. The van der Waals surface area contributed by atoms with Crippen molar-refractivity contribution in [3.05, 3.63) is 35.3 Å². The smallest absolute Gasteiger partial charge is 0.148 e. The maximum atomic E-state index is 4.95. The number of nitrogens with one attached hydrogen (secondary N) is 1. The normalized spacial score (nSPS) is 10.3. The van der Waals surface area contributed by atoms with Crippen molar-refractivity contribution in [2.24, 2.45) is 0 Å². The fourth-order valence-corrected chi connectivity index (χ4v) is 1.18. The number of hydrogen-bond donors (Lipinski definition) is 1. The van der Waals surface area contributed by atoms with Gasteiger partial charge in [0, 0.05) is 6.07 Å². The fourth-order valence-electron chi connectivity index (χ4n) is 1.18. The minimum Gasteiger partial charge on any atom is -0.363 e. The van der Waals surface area contributed by atoms with Crippen molar-refractivity contribution in [1.82, 2.24) is 15.4 Å². The van der Waals surface area contributed by atoms with E-state index in [-0.39, 0.29) is 0 Å². The van der Waals surface area contributed by atoms with Gasteiger partial charge in [-0.05, 0) is 26.0 Å². The molecule has 0 bridgehead atoms. The quantitative estimate of drug-likeness (QED) is 0.824. The number of hydrogen-bond acceptors (Lipinski definition) is 5. The Bertz CT molecular complexity index is 435. The zero-order valence-electron chi connectivity index (χ0n) is 8.69. The van der Waals surface area contributed by atoms with Crippen LogP contribution < -0.4 is 5.32 Å². The highest BCUT2D eigenvalue weighted by Gasteiger charge is 2.00. The molecule has 0 unspecified atom stereocenters. The third-order valence-electron chi connectivity index (χ3n) is 1.93. The predicted octanol–water partition coefficient (Wildman–Crippen LogP) is 1.69. The van der Waals surface area contributed by atoms with Crippen molar-refractivity contribution >= 4 is 5.82 Å². The lowest BCUT2D eigenvalue weighted by molar-refractivity contribution is 0.391. The van der Waals surface area contributed by atoms with E-state index in [9.17, 15) is 0 Å². The number of aryl methyl sites for hydroxylation is 2. The van der Waals surface area contributed by atoms with Gasteiger partial charge in [0.1, 0.15) is 17.3 Å². The summed E-state index contributed by atoms with van der Waals surface area (Å²) in [6, 6.07) is 5.67. The lowest BCUT2D eigenvalue weighted by atomic mass is 10.3. The van der Waals surface area contributed by atoms with Crippen LogP contribution in [0.1, 0.15) is 17.1 Å². The highest BCUT2D eigenvalue weighted by molar-refractivity contribution is 5.33. The van der Waals surface area contributed by atoms with E-state index in [4.69, 9.17) is 4.52 Å². The van der Waals surface area contributed by atoms with Crippen LogP contribution in [0.5, 0.6) is 0 Å². The Morgan fingerprint density at radius 3 is 2.73 bits per heavy atom. The predicted molar refractivity (Wildman–Crippen MR) is 55.3 cm³/mol. The first-order valence-electron chi connectivity index (χ1n) is 4.70. The van der Waals surface area contributed by atoms with Crippen LogP contribution in [0.25, 0.3) is 0 Å². The van der Waals surface area contributed by atoms with Gasteiger partial charge in [0.15, 0.2) is 0 Å². The molecule has 2 aromatic rings. The lowest BCUT2D eigenvalue weighted by Gasteiger charge is -2.01. The number of anilines is 1. The molecule has 5 heteroatoms. The fraction of sp³-hybridized carbons (Fsp3) is 0.300. The summed E-state index contributed by atoms with van der Waals surface area (Å²) in [6.45, 7) is 4.36. The van der Waals surface area contributed by atoms with Gasteiger partial charge < -0.3 is 9.84 Å². The number of nitrogens with zero attached hydrogens (tertiary/aromatic N) is 3. The van der Waals surface area contributed by atoms with Crippen LogP contribution in [0.3, 0.4) is 0 Å². The van der Waals surface area contributed by atoms with Gasteiger partial charge in [-0.2, -0.15) is 5.10 Å². The second kappa shape index (κ2) is 4.08. The monoisotopic (exact) mass is 204 g/mol. The maximum absolute atomic E-state index is 4.95. The van der Waals surface area contributed by atoms with Crippen LogP contribution in [0.2, 0.25) is 0 Å². The van der Waals surface area contributed by atoms with Gasteiger partial charge in [0.25, 0.3) is 0 Å². The third-order valence-corrected chi connectivity index (χ3v) is 1.93. The second-order valence-corrected chi connectivity index (χ2v) is 3.34. The first-order valence-corrected chi connectivity index (χ1v) is 4.70. The molecule has 78 valence electrons. The zero-order valence-corrected chi connectivity index (χ0v) is 8.69. The molecule has 0 radical (unpaired) electrons. The number of rotatable bonds is 3. The van der Waals surface area contributed by atoms with E-state index in [1.54, 1.807) is 0 Å². The molecule has 1 N–H and O–H groups in total. The zero-order chi connectivity index (χ0) is 10.7. The van der Waals surface area contributed by atoms with Crippen molar-refractivity contribution in [3.8, 4) is 0 Å². The molecule has 0 aromatic carbocycles. The summed E-state index contributed by atoms with van der Waals surface area (Å²) in [7, 11) is 0. The van der Waals surface area contributed by atoms with E-state index >= 15 is 0 Å². The Balaban J connectivity index is 1.96. The Labute approximate surface area is 87.5 Å². The van der Waals surface area contributed by atoms with E-state index in [1.165, 1.54) is 0 Å². The Morgan fingerprint density at radius 2 is 2.13 bits per heavy atom. The molecule has 2 aromatic heterocycles. The highest BCUT2D eigenvalue weighted by atomic mass is 16.5. The Kier molecular flexibility index (Phi) is 2.62. The molecule has 0 amide bonds. The molecule has 5 nitrogen and oxygen atoms in total. The molecule has 0 atom stereocenters. The molecule has 0 saturated carbocycles. The van der Waals surface area contributed by atoms with Crippen molar-refractivity contribution in [2.75, 3.05) is 5.32 Å². The first-order chi connectivity index (χ1) is 7.24. The summed E-state index contributed by atoms with van der Waals surface area (Å²) in [6.07, 6.45) is 0. The average Bonchev–Trinajstić information content (AvgIpc) is 2.64. The molecular formula is C10H12N4O. The molecule has 0 aliphatic heterocycles. The van der Waals surface area contributed by atoms with Gasteiger partial charge in [-0.15, -0.1) is 5.10 Å². The van der Waals surface area contributed by atoms with Crippen LogP contribution >= 0.6 is 0 Å². The van der Waals surface area contributed by atoms with Crippen LogP contribution in [0.15, 0.2) is 22.7 Å². The van der Waals surface area contributed by atoms with Crippen molar-refractivity contribution in [2.45, 2.75) is 20.4 Å². The molecule has 0 aliphatic carbocycles. The summed E-state index contributed by atoms with van der Waals surface area (Å²) in [5, 5.41) is 14.9. The van der Waals surface area contributed by atoms with Gasteiger partial charge in [0.05, 0.1) is 12.2 Å². The van der Waals surface area contributed by atoms with Crippen LogP contribution in [-0.2, 0) is 6.54 Å². The second-order valence-electron chi connectivity index (χ2n) is 3.34. The minimum absolute atomic E-state index is 0.592. The van der Waals surface area contributed by atoms with Crippen LogP contribution in [0.4, 0.5) is 5.82 Å². The highest BCUT2D eigenvalue weighted by Crippen LogP contribution is 2.05. The van der Waals surface area contributed by atoms with Gasteiger partial charge in [0.2, 0.25) is 0 Å². The lowest BCUT2D eigenvalue weighted by Crippen LogP contribution is -2.02. The van der Waals surface area contributed by atoms with E-state index < -0.39 is 0 Å². The summed E-state index contributed by atoms with van der Waals surface area (Å²) < 4.78 is 4.95. The minimum atomic E-state index is 0.592. The largest absolute Gasteiger partial charge is 0.363 e. The molecule has 2 rings (SSSR count).